The van der Waals surface area contributed by atoms with Crippen LogP contribution >= 0.6 is 23.1 Å². The van der Waals surface area contributed by atoms with E-state index in [-0.39, 0.29) is 0 Å². The Morgan fingerprint density at radius 1 is 1.24 bits per heavy atom. The van der Waals surface area contributed by atoms with E-state index in [2.05, 4.69) is 16.8 Å². The fourth-order valence-electron chi connectivity index (χ4n) is 4.05. The van der Waals surface area contributed by atoms with Gasteiger partial charge in [-0.1, -0.05) is 25.1 Å². The maximum absolute atomic E-state index is 6.32. The van der Waals surface area contributed by atoms with Gasteiger partial charge >= 0.3 is 0 Å². The van der Waals surface area contributed by atoms with Gasteiger partial charge in [-0.15, -0.1) is 11.3 Å². The van der Waals surface area contributed by atoms with E-state index >= 15 is 0 Å². The first-order valence-electron chi connectivity index (χ1n) is 9.63. The van der Waals surface area contributed by atoms with Crippen molar-refractivity contribution in [1.82, 2.24) is 14.9 Å². The Morgan fingerprint density at radius 2 is 2.08 bits per heavy atom. The molecule has 136 valence electrons. The average Bonchev–Trinajstić information content (AvgIpc) is 2.97. The lowest BCUT2D eigenvalue weighted by molar-refractivity contribution is 0.230. The van der Waals surface area contributed by atoms with Gasteiger partial charge in [-0.2, -0.15) is 0 Å². The molecule has 2 N–H and O–H groups in total. The van der Waals surface area contributed by atoms with Crippen LogP contribution in [-0.4, -0.2) is 40.3 Å². The number of nitrogens with zero attached hydrogens (tertiary/aromatic N) is 3. The number of anilines is 1. The molecule has 1 aliphatic heterocycles. The maximum Gasteiger partial charge on any atom is 0.190 e. The van der Waals surface area contributed by atoms with Crippen LogP contribution in [0.4, 0.5) is 5.82 Å². The predicted molar refractivity (Wildman–Crippen MR) is 109 cm³/mol. The first kappa shape index (κ1) is 17.6. The van der Waals surface area contributed by atoms with Gasteiger partial charge in [0.15, 0.2) is 5.16 Å². The highest BCUT2D eigenvalue weighted by molar-refractivity contribution is 7.99. The van der Waals surface area contributed by atoms with Crippen molar-refractivity contribution in [1.29, 1.82) is 0 Å². The summed E-state index contributed by atoms with van der Waals surface area (Å²) in [6.45, 7) is 6.10. The van der Waals surface area contributed by atoms with Gasteiger partial charge in [0.1, 0.15) is 10.6 Å². The van der Waals surface area contributed by atoms with Gasteiger partial charge in [0.25, 0.3) is 0 Å². The lowest BCUT2D eigenvalue weighted by Crippen LogP contribution is -2.30. The van der Waals surface area contributed by atoms with Crippen LogP contribution in [0.15, 0.2) is 5.16 Å². The van der Waals surface area contributed by atoms with Crippen molar-refractivity contribution in [2.45, 2.75) is 57.0 Å². The lowest BCUT2D eigenvalue weighted by Gasteiger charge is -2.26. The SMILES string of the molecule is CC1CCc2c(sc3nc(SCCCN4CCCCC4)nc(N)c23)C1. The van der Waals surface area contributed by atoms with Crippen LogP contribution in [0.5, 0.6) is 0 Å². The molecule has 3 heterocycles. The molecule has 25 heavy (non-hydrogen) atoms. The van der Waals surface area contributed by atoms with Gasteiger partial charge in [-0.05, 0) is 69.6 Å². The second kappa shape index (κ2) is 7.80. The van der Waals surface area contributed by atoms with Gasteiger partial charge < -0.3 is 10.6 Å². The number of thiophene rings is 1. The van der Waals surface area contributed by atoms with Crippen molar-refractivity contribution < 1.29 is 0 Å². The molecule has 0 amide bonds. The fraction of sp³-hybridized carbons (Fsp3) is 0.684. The zero-order valence-corrected chi connectivity index (χ0v) is 16.7. The predicted octanol–water partition coefficient (Wildman–Crippen LogP) is 4.37. The van der Waals surface area contributed by atoms with E-state index in [1.165, 1.54) is 68.6 Å². The van der Waals surface area contributed by atoms with Crippen LogP contribution in [0, 0.1) is 5.92 Å². The summed E-state index contributed by atoms with van der Waals surface area (Å²) in [7, 11) is 0. The summed E-state index contributed by atoms with van der Waals surface area (Å²) < 4.78 is 0. The number of likely N-dealkylation sites (tertiary alicyclic amines) is 1. The van der Waals surface area contributed by atoms with Gasteiger partial charge in [-0.25, -0.2) is 9.97 Å². The van der Waals surface area contributed by atoms with Crippen molar-refractivity contribution in [3.05, 3.63) is 10.4 Å². The maximum atomic E-state index is 6.32. The summed E-state index contributed by atoms with van der Waals surface area (Å²) in [6.07, 6.45) is 8.90. The quantitative estimate of drug-likeness (QED) is 0.477. The van der Waals surface area contributed by atoms with E-state index in [1.54, 1.807) is 11.8 Å². The largest absolute Gasteiger partial charge is 0.383 e. The Kier molecular flexibility index (Phi) is 5.48. The molecule has 0 saturated carbocycles. The zero-order valence-electron chi connectivity index (χ0n) is 15.1. The molecule has 1 aliphatic carbocycles. The number of aryl methyl sites for hydroxylation is 1. The molecule has 6 heteroatoms. The molecule has 4 nitrogen and oxygen atoms in total. The van der Waals surface area contributed by atoms with E-state index in [0.29, 0.717) is 5.82 Å². The van der Waals surface area contributed by atoms with Gasteiger partial charge in [0, 0.05) is 10.6 Å². The van der Waals surface area contributed by atoms with Crippen LogP contribution in [0.2, 0.25) is 0 Å². The molecule has 1 atom stereocenters. The van der Waals surface area contributed by atoms with Crippen molar-refractivity contribution in [2.75, 3.05) is 31.1 Å². The van der Waals surface area contributed by atoms with Gasteiger partial charge in [-0.3, -0.25) is 0 Å². The molecule has 2 aliphatic rings. The molecule has 1 unspecified atom stereocenters. The topological polar surface area (TPSA) is 55.0 Å². The Morgan fingerprint density at radius 3 is 2.92 bits per heavy atom. The van der Waals surface area contributed by atoms with E-state index in [0.717, 1.165) is 33.5 Å². The fourth-order valence-corrected chi connectivity index (χ4v) is 6.27. The number of hydrogen-bond acceptors (Lipinski definition) is 6. The first-order valence-corrected chi connectivity index (χ1v) is 11.4. The standard InChI is InChI=1S/C19H28N4S2/c1-13-6-7-14-15(12-13)25-18-16(14)17(20)21-19(22-18)24-11-5-10-23-8-3-2-4-9-23/h13H,2-12H2,1H3,(H2,20,21,22). The van der Waals surface area contributed by atoms with Crippen LogP contribution in [0.3, 0.4) is 0 Å². The van der Waals surface area contributed by atoms with Gasteiger partial charge in [0.2, 0.25) is 0 Å². The molecule has 0 aromatic carbocycles. The Balaban J connectivity index is 1.40. The number of piperidine rings is 1. The summed E-state index contributed by atoms with van der Waals surface area (Å²) in [6, 6.07) is 0. The second-order valence-corrected chi connectivity index (χ2v) is 9.67. The monoisotopic (exact) mass is 376 g/mol. The van der Waals surface area contributed by atoms with E-state index in [4.69, 9.17) is 10.7 Å². The Hall–Kier alpha value is -0.850. The third-order valence-electron chi connectivity index (χ3n) is 5.46. The van der Waals surface area contributed by atoms with E-state index in [1.807, 2.05) is 11.3 Å². The number of fused-ring (bicyclic) bond motifs is 3. The summed E-state index contributed by atoms with van der Waals surface area (Å²) in [5.41, 5.74) is 7.74. The minimum atomic E-state index is 0.690. The number of hydrogen-bond donors (Lipinski definition) is 1. The third kappa shape index (κ3) is 3.96. The normalized spacial score (nSPS) is 21.6. The first-order chi connectivity index (χ1) is 12.2. The summed E-state index contributed by atoms with van der Waals surface area (Å²) >= 11 is 3.60. The van der Waals surface area contributed by atoms with Crippen molar-refractivity contribution >= 4 is 39.1 Å². The molecule has 1 fully saturated rings. The number of aromatic nitrogens is 2. The number of nitrogen functional groups attached to an aromatic ring is 1. The Labute approximate surface area is 158 Å². The smallest absolute Gasteiger partial charge is 0.190 e. The van der Waals surface area contributed by atoms with E-state index < -0.39 is 0 Å². The number of rotatable bonds is 5. The molecule has 0 bridgehead atoms. The second-order valence-electron chi connectivity index (χ2n) is 7.53. The highest BCUT2D eigenvalue weighted by Gasteiger charge is 2.23. The molecule has 4 rings (SSSR count). The van der Waals surface area contributed by atoms with Crippen molar-refractivity contribution in [3.63, 3.8) is 0 Å². The molecule has 2 aromatic rings. The number of thioether (sulfide) groups is 1. The molecule has 0 radical (unpaired) electrons. The summed E-state index contributed by atoms with van der Waals surface area (Å²) in [4.78, 5) is 14.6. The van der Waals surface area contributed by atoms with Gasteiger partial charge in [0.05, 0.1) is 5.39 Å². The van der Waals surface area contributed by atoms with E-state index in [9.17, 15) is 0 Å². The number of nitrogens with two attached hydrogens (primary N) is 1. The Bertz CT molecular complexity index is 737. The van der Waals surface area contributed by atoms with Crippen LogP contribution in [-0.2, 0) is 12.8 Å². The van der Waals surface area contributed by atoms with Crippen LogP contribution < -0.4 is 5.73 Å². The van der Waals surface area contributed by atoms with Crippen molar-refractivity contribution in [3.8, 4) is 0 Å². The summed E-state index contributed by atoms with van der Waals surface area (Å²) in [5, 5.41) is 2.00. The third-order valence-corrected chi connectivity index (χ3v) is 7.54. The average molecular weight is 377 g/mol. The zero-order chi connectivity index (χ0) is 17.2. The summed E-state index contributed by atoms with van der Waals surface area (Å²) in [5.74, 6) is 2.54. The lowest BCUT2D eigenvalue weighted by atomic mass is 9.89. The highest BCUT2D eigenvalue weighted by Crippen LogP contribution is 2.39. The van der Waals surface area contributed by atoms with Crippen LogP contribution in [0.1, 0.15) is 49.5 Å². The molecule has 0 spiro atoms. The highest BCUT2D eigenvalue weighted by atomic mass is 32.2. The molecule has 1 saturated heterocycles. The van der Waals surface area contributed by atoms with Crippen molar-refractivity contribution in [2.24, 2.45) is 5.92 Å². The minimum Gasteiger partial charge on any atom is -0.383 e. The molecular formula is C19H28N4S2. The molecular weight excluding hydrogens is 348 g/mol. The minimum absolute atomic E-state index is 0.690. The molecule has 2 aromatic heterocycles. The van der Waals surface area contributed by atoms with Crippen LogP contribution in [0.25, 0.3) is 10.2 Å².